The van der Waals surface area contributed by atoms with E-state index in [0.29, 0.717) is 107 Å². The van der Waals surface area contributed by atoms with Gasteiger partial charge in [0.1, 0.15) is 30.5 Å². The van der Waals surface area contributed by atoms with Gasteiger partial charge in [0.05, 0.1) is 28.2 Å². The first-order valence-corrected chi connectivity index (χ1v) is 40.6. The summed E-state index contributed by atoms with van der Waals surface area (Å²) in [6.45, 7) is 24.0. The van der Waals surface area contributed by atoms with Crippen molar-refractivity contribution in [3.8, 4) is 29.3 Å². The number of nitro benzene ring substituents is 1. The molecular weight excluding hydrogens is 1640 g/mol. The summed E-state index contributed by atoms with van der Waals surface area (Å²) in [5, 5.41) is 33.8. The Balaban J connectivity index is 0.000000199. The molecule has 0 unspecified atom stereocenters. The van der Waals surface area contributed by atoms with E-state index in [1.54, 1.807) is 55.5 Å². The Kier molecular flexibility index (Phi) is 31.8. The summed E-state index contributed by atoms with van der Waals surface area (Å²) in [6.07, 6.45) is -0.424. The summed E-state index contributed by atoms with van der Waals surface area (Å²) in [7, 11) is 0. The number of anilines is 6. The second-order valence-electron chi connectivity index (χ2n) is 31.1. The Bertz CT molecular complexity index is 5570. The molecule has 0 saturated heterocycles. The zero-order valence-corrected chi connectivity index (χ0v) is 71.6. The van der Waals surface area contributed by atoms with Crippen molar-refractivity contribution in [2.24, 2.45) is 10.8 Å². The van der Waals surface area contributed by atoms with Gasteiger partial charge in [-0.3, -0.25) is 19.7 Å². The van der Waals surface area contributed by atoms with E-state index < -0.39 is 34.2 Å². The Morgan fingerprint density at radius 1 is 0.524 bits per heavy atom. The molecule has 0 saturated carbocycles. The van der Waals surface area contributed by atoms with Gasteiger partial charge < -0.3 is 92.9 Å². The highest BCUT2D eigenvalue weighted by Crippen LogP contribution is 2.31. The largest absolute Gasteiger partial charge is 0.519 e. The molecule has 652 valence electrons. The highest BCUT2D eigenvalue weighted by Gasteiger charge is 2.29. The van der Waals surface area contributed by atoms with Crippen LogP contribution in [0.25, 0.3) is 0 Å². The van der Waals surface area contributed by atoms with Crippen molar-refractivity contribution in [2.75, 3.05) is 73.7 Å². The van der Waals surface area contributed by atoms with E-state index in [2.05, 4.69) is 142 Å². The standard InChI is InChI=1S/C41H46ClN7O8.C35H42ClN7O3.C12H9NO8/c1-25(2)29-10-7-27(8-11-29)21-54-38-47-36-43-20-28-9-16-33(32(42)19-28)53-18-6-17-49(39(51)55-22-34-26(3)56-40(52)57-34)24-41(4,5)23-44-35(50)30-12-14-31(15-13-30)45-37(46-36)48-38;1-23(2)26-9-6-24(7-10-26)20-46-34-42-32-38-19-25-8-15-30(29(36)18-25)45-17-5-16-37-21-35(3,4)22-39-31(44)27-11-13-28(14-12-27)40-33(41-32)43-34;1-7-10(21-12(15)19-7)6-18-11(14)20-9-4-2-8(3-5-9)13(16)17/h7-16,19,25H,6,17-18,20-24H2,1-5H3,(H,44,50)(H2,43,45,46,47,48);6-15,18,23,37H,5,16-17,19-22H2,1-4H3,(H,39,44)(H2,38,40,41,42,43);2-5H,6H2,1H3. The molecule has 8 aliphatic heterocycles. The number of nitro groups is 1. The normalized spacial score (nSPS) is 14.4. The van der Waals surface area contributed by atoms with Crippen LogP contribution in [0.15, 0.2) is 185 Å². The molecule has 11 aromatic rings. The molecule has 3 amide bonds. The van der Waals surface area contributed by atoms with E-state index >= 15 is 0 Å². The number of aromatic nitrogens is 6. The predicted molar refractivity (Wildman–Crippen MR) is 461 cm³/mol. The third-order valence-electron chi connectivity index (χ3n) is 19.0. The number of benzene rings is 7. The minimum absolute atomic E-state index is 0.0700. The number of carbonyl (C=O) groups excluding carboxylic acids is 4. The van der Waals surface area contributed by atoms with Crippen molar-refractivity contribution in [1.29, 1.82) is 0 Å². The number of nitrogens with zero attached hydrogens (tertiary/aromatic N) is 8. The first kappa shape index (κ1) is 91.1. The number of non-ortho nitro benzene ring substituents is 1. The highest BCUT2D eigenvalue weighted by atomic mass is 35.5. The first-order chi connectivity index (χ1) is 59.4. The average Bonchev–Trinajstić information content (AvgIpc) is 1.15. The van der Waals surface area contributed by atoms with Crippen molar-refractivity contribution >= 4 is 88.1 Å². The highest BCUT2D eigenvalue weighted by molar-refractivity contribution is 6.32. The summed E-state index contributed by atoms with van der Waals surface area (Å²) in [6, 6.07) is 46.9. The summed E-state index contributed by atoms with van der Waals surface area (Å²) >= 11 is 13.2. The van der Waals surface area contributed by atoms with Crippen molar-refractivity contribution in [3.05, 3.63) is 267 Å². The molecule has 0 atom stereocenters. The summed E-state index contributed by atoms with van der Waals surface area (Å²) in [5.74, 6) is 1.64. The number of hydrogen-bond acceptors (Lipinski definition) is 30. The van der Waals surface area contributed by atoms with Crippen molar-refractivity contribution in [3.63, 3.8) is 0 Å². The van der Waals surface area contributed by atoms with Crippen LogP contribution in [-0.4, -0.2) is 116 Å². The number of carbonyl (C=O) groups is 4. The lowest BCUT2D eigenvalue weighted by Gasteiger charge is -2.32. The van der Waals surface area contributed by atoms with Crippen molar-refractivity contribution in [1.82, 2.24) is 50.8 Å². The van der Waals surface area contributed by atoms with Crippen LogP contribution in [0.1, 0.15) is 157 Å². The van der Waals surface area contributed by atoms with Crippen LogP contribution in [0.4, 0.5) is 50.4 Å². The molecule has 7 aromatic carbocycles. The van der Waals surface area contributed by atoms with Gasteiger partial charge in [0, 0.05) is 80.4 Å². The number of amides is 3. The fraction of sp³-hybridized carbons (Fsp3) is 0.341. The lowest BCUT2D eigenvalue weighted by molar-refractivity contribution is -0.384. The molecule has 34 nitrogen and oxygen atoms in total. The van der Waals surface area contributed by atoms with Gasteiger partial charge in [0.25, 0.3) is 17.5 Å². The minimum Gasteiger partial charge on any atom is -0.492 e. The molecule has 7 N–H and O–H groups in total. The van der Waals surface area contributed by atoms with Gasteiger partial charge >= 0.3 is 35.9 Å². The fourth-order valence-corrected chi connectivity index (χ4v) is 12.6. The maximum Gasteiger partial charge on any atom is 0.519 e. The maximum absolute atomic E-state index is 13.4. The van der Waals surface area contributed by atoms with Crippen LogP contribution < -0.4 is 72.5 Å². The lowest BCUT2D eigenvalue weighted by atomic mass is 9.92. The van der Waals surface area contributed by atoms with E-state index in [1.807, 2.05) is 74.5 Å². The third-order valence-corrected chi connectivity index (χ3v) is 19.6. The number of nitrogens with one attached hydrogen (secondary N) is 7. The number of hydrogen-bond donors (Lipinski definition) is 7. The van der Waals surface area contributed by atoms with Crippen LogP contribution in [0, 0.1) is 34.8 Å². The van der Waals surface area contributed by atoms with Gasteiger partial charge in [-0.15, -0.1) is 0 Å². The smallest absolute Gasteiger partial charge is 0.492 e. The summed E-state index contributed by atoms with van der Waals surface area (Å²) in [5.41, 5.74) is 7.76. The van der Waals surface area contributed by atoms with Crippen LogP contribution in [0.5, 0.6) is 29.3 Å². The monoisotopic (exact) mass is 1740 g/mol. The Labute approximate surface area is 724 Å². The molecule has 8 aliphatic rings. The van der Waals surface area contributed by atoms with Crippen LogP contribution in [0.3, 0.4) is 0 Å². The molecule has 4 aromatic heterocycles. The van der Waals surface area contributed by atoms with Crippen molar-refractivity contribution < 1.29 is 74.9 Å². The molecule has 124 heavy (non-hydrogen) atoms. The van der Waals surface area contributed by atoms with Gasteiger partial charge in [0.15, 0.2) is 36.3 Å². The summed E-state index contributed by atoms with van der Waals surface area (Å²) < 4.78 is 58.1. The van der Waals surface area contributed by atoms with Crippen LogP contribution >= 0.6 is 23.2 Å². The molecule has 0 spiro atoms. The fourth-order valence-electron chi connectivity index (χ4n) is 12.1. The molecule has 12 bridgehead atoms. The average molecular weight is 1740 g/mol. The quantitative estimate of drug-likeness (QED) is 0.0230. The summed E-state index contributed by atoms with van der Waals surface area (Å²) in [4.78, 5) is 112. The minimum atomic E-state index is -1.05. The second kappa shape index (κ2) is 43.3. The predicted octanol–water partition coefficient (Wildman–Crippen LogP) is 16.5. The number of halogens is 2. The molecule has 19 rings (SSSR count). The van der Waals surface area contributed by atoms with Crippen LogP contribution in [0.2, 0.25) is 10.0 Å². The third kappa shape index (κ3) is 28.2. The molecule has 0 radical (unpaired) electrons. The second-order valence-corrected chi connectivity index (χ2v) is 31.9. The SMILES string of the molecule is CC(C)c1ccc(COc2nc3nc(n2)Nc2ccc(cc2)C(=O)NCC(C)(C)CNCCCOc2ccc(cc2Cl)CN3)cc1.Cc1oc(=O)oc1COC(=O)N1CCCOc2ccc(cc2Cl)CNc2nc(nc(OCc3ccc(C(C)C)cc3)n2)Nc2ccc(cc2)C(=O)NCC(C)(C)C1.Cc1oc(=O)oc1COC(=O)Oc1ccc([N+](=O)[O-])cc1. The van der Waals surface area contributed by atoms with Gasteiger partial charge in [-0.05, 0) is 174 Å². The molecule has 0 fully saturated rings. The molecular formula is C88H97Cl2N15O19. The van der Waals surface area contributed by atoms with E-state index in [-0.39, 0.29) is 122 Å². The van der Waals surface area contributed by atoms with E-state index in [9.17, 15) is 38.9 Å². The first-order valence-electron chi connectivity index (χ1n) is 39.9. The van der Waals surface area contributed by atoms with E-state index in [0.717, 1.165) is 41.8 Å². The number of rotatable bonds is 14. The van der Waals surface area contributed by atoms with Gasteiger partial charge in [0.2, 0.25) is 23.8 Å². The Hall–Kier alpha value is -13.6. The Morgan fingerprint density at radius 2 is 0.976 bits per heavy atom. The topological polar surface area (TPSA) is 428 Å². The van der Waals surface area contributed by atoms with Crippen molar-refractivity contribution in [2.45, 2.75) is 133 Å². The van der Waals surface area contributed by atoms with Crippen LogP contribution in [-0.2, 0) is 49.0 Å². The van der Waals surface area contributed by atoms with E-state index in [1.165, 1.54) is 47.2 Å². The Morgan fingerprint density at radius 3 is 1.42 bits per heavy atom. The maximum atomic E-state index is 13.4. The zero-order valence-electron chi connectivity index (χ0n) is 70.1. The molecule has 12 heterocycles. The number of ether oxygens (including phenoxy) is 7. The lowest BCUT2D eigenvalue weighted by Crippen LogP contribution is -2.45. The zero-order chi connectivity index (χ0) is 88.5. The van der Waals surface area contributed by atoms with Gasteiger partial charge in [-0.2, -0.15) is 29.9 Å². The molecule has 36 heteroatoms. The molecule has 0 aliphatic carbocycles. The van der Waals surface area contributed by atoms with Gasteiger partial charge in [-0.1, -0.05) is 139 Å². The van der Waals surface area contributed by atoms with E-state index in [4.69, 9.17) is 65.2 Å². The van der Waals surface area contributed by atoms with Gasteiger partial charge in [-0.25, -0.2) is 19.2 Å². The number of aryl methyl sites for hydroxylation is 2.